The van der Waals surface area contributed by atoms with Gasteiger partial charge < -0.3 is 9.64 Å². The van der Waals surface area contributed by atoms with Crippen LogP contribution in [0, 0.1) is 6.92 Å². The zero-order chi connectivity index (χ0) is 16.4. The summed E-state index contributed by atoms with van der Waals surface area (Å²) in [6.07, 6.45) is 0.594. The summed E-state index contributed by atoms with van der Waals surface area (Å²) in [7, 11) is 1.52. The minimum atomic E-state index is -0.248. The van der Waals surface area contributed by atoms with E-state index in [1.54, 1.807) is 11.0 Å². The van der Waals surface area contributed by atoms with Gasteiger partial charge in [-0.15, -0.1) is 5.10 Å². The predicted octanol–water partition coefficient (Wildman–Crippen LogP) is 0.172. The van der Waals surface area contributed by atoms with Crippen molar-refractivity contribution < 1.29 is 9.53 Å². The topological polar surface area (TPSA) is 90.2 Å². The fourth-order valence-corrected chi connectivity index (χ4v) is 2.41. The number of carbonyl (C=O) groups excluding carboxylic acids is 1. The van der Waals surface area contributed by atoms with E-state index >= 15 is 0 Å². The monoisotopic (exact) mass is 315 g/mol. The van der Waals surface area contributed by atoms with Gasteiger partial charge in [-0.05, 0) is 19.1 Å². The minimum absolute atomic E-state index is 0.122. The standard InChI is InChI=1S/C15H17N5O3/c1-10-3-5-13(17-16-10)23-11-7-8-20(9-11)15(22)12-4-6-14(21)19(2)18-12/h3-6,11H,7-9H2,1-2H3. The number of aryl methyl sites for hydroxylation is 2. The number of hydrogen-bond acceptors (Lipinski definition) is 6. The number of amides is 1. The molecule has 3 rings (SSSR count). The maximum atomic E-state index is 12.4. The van der Waals surface area contributed by atoms with Crippen molar-refractivity contribution >= 4 is 5.91 Å². The molecule has 1 saturated heterocycles. The highest BCUT2D eigenvalue weighted by Crippen LogP contribution is 2.17. The number of carbonyl (C=O) groups is 1. The van der Waals surface area contributed by atoms with Crippen LogP contribution in [0.3, 0.4) is 0 Å². The molecule has 1 amide bonds. The number of aromatic nitrogens is 4. The van der Waals surface area contributed by atoms with E-state index in [4.69, 9.17) is 4.74 Å². The quantitative estimate of drug-likeness (QED) is 0.802. The smallest absolute Gasteiger partial charge is 0.274 e. The number of hydrogen-bond donors (Lipinski definition) is 0. The van der Waals surface area contributed by atoms with Crippen LogP contribution in [0.25, 0.3) is 0 Å². The fourth-order valence-electron chi connectivity index (χ4n) is 2.41. The molecule has 120 valence electrons. The van der Waals surface area contributed by atoms with Crippen LogP contribution in [0.15, 0.2) is 29.1 Å². The third kappa shape index (κ3) is 3.36. The van der Waals surface area contributed by atoms with E-state index in [2.05, 4.69) is 15.3 Å². The highest BCUT2D eigenvalue weighted by atomic mass is 16.5. The Morgan fingerprint density at radius 1 is 1.26 bits per heavy atom. The lowest BCUT2D eigenvalue weighted by molar-refractivity contribution is 0.0762. The van der Waals surface area contributed by atoms with Gasteiger partial charge in [0.05, 0.1) is 12.2 Å². The van der Waals surface area contributed by atoms with E-state index in [9.17, 15) is 9.59 Å². The van der Waals surface area contributed by atoms with Crippen LogP contribution in [-0.4, -0.2) is 50.0 Å². The number of rotatable bonds is 3. The first-order valence-corrected chi connectivity index (χ1v) is 7.33. The molecular formula is C15H17N5O3. The molecule has 0 aliphatic carbocycles. The Labute approximate surface area is 132 Å². The summed E-state index contributed by atoms with van der Waals surface area (Å²) in [4.78, 5) is 25.4. The molecule has 0 spiro atoms. The third-order valence-electron chi connectivity index (χ3n) is 3.67. The maximum Gasteiger partial charge on any atom is 0.274 e. The summed E-state index contributed by atoms with van der Waals surface area (Å²) in [6.45, 7) is 2.89. The second-order valence-electron chi connectivity index (χ2n) is 5.47. The predicted molar refractivity (Wildman–Crippen MR) is 81.2 cm³/mol. The maximum absolute atomic E-state index is 12.4. The van der Waals surface area contributed by atoms with Crippen molar-refractivity contribution in [3.8, 4) is 5.88 Å². The molecule has 2 aromatic rings. The normalized spacial score (nSPS) is 17.3. The van der Waals surface area contributed by atoms with Crippen molar-refractivity contribution in [1.29, 1.82) is 0 Å². The Morgan fingerprint density at radius 2 is 2.09 bits per heavy atom. The lowest BCUT2D eigenvalue weighted by Gasteiger charge is -2.16. The van der Waals surface area contributed by atoms with Crippen molar-refractivity contribution in [3.05, 3.63) is 46.0 Å². The summed E-state index contributed by atoms with van der Waals surface area (Å²) in [5.74, 6) is 0.247. The van der Waals surface area contributed by atoms with Crippen LogP contribution >= 0.6 is 0 Å². The molecule has 8 nitrogen and oxygen atoms in total. The summed E-state index contributed by atoms with van der Waals surface area (Å²) in [5.41, 5.74) is 0.825. The van der Waals surface area contributed by atoms with Gasteiger partial charge in [0.15, 0.2) is 0 Å². The molecule has 1 atom stereocenters. The van der Waals surface area contributed by atoms with E-state index < -0.39 is 0 Å². The van der Waals surface area contributed by atoms with Gasteiger partial charge in [-0.3, -0.25) is 9.59 Å². The first-order chi connectivity index (χ1) is 11.0. The second-order valence-corrected chi connectivity index (χ2v) is 5.47. The summed E-state index contributed by atoms with van der Waals surface area (Å²) in [6, 6.07) is 6.38. The highest BCUT2D eigenvalue weighted by Gasteiger charge is 2.29. The van der Waals surface area contributed by atoms with Crippen LogP contribution < -0.4 is 10.3 Å². The van der Waals surface area contributed by atoms with Crippen molar-refractivity contribution in [3.63, 3.8) is 0 Å². The van der Waals surface area contributed by atoms with Crippen LogP contribution in [0.4, 0.5) is 0 Å². The van der Waals surface area contributed by atoms with Gasteiger partial charge in [-0.25, -0.2) is 4.68 Å². The SMILES string of the molecule is Cc1ccc(OC2CCN(C(=O)c3ccc(=O)n(C)n3)C2)nn1. The Hall–Kier alpha value is -2.77. The fraction of sp³-hybridized carbons (Fsp3) is 0.400. The Bertz CT molecular complexity index is 771. The molecule has 2 aromatic heterocycles. The lowest BCUT2D eigenvalue weighted by Crippen LogP contribution is -2.33. The zero-order valence-corrected chi connectivity index (χ0v) is 13.0. The Kier molecular flexibility index (Phi) is 4.05. The third-order valence-corrected chi connectivity index (χ3v) is 3.67. The summed E-state index contributed by atoms with van der Waals surface area (Å²) >= 11 is 0. The van der Waals surface area contributed by atoms with Crippen LogP contribution in [0.2, 0.25) is 0 Å². The molecule has 1 aliphatic heterocycles. The largest absolute Gasteiger partial charge is 0.471 e. The van der Waals surface area contributed by atoms with Gasteiger partial charge in [0.1, 0.15) is 11.8 Å². The number of nitrogens with zero attached hydrogens (tertiary/aromatic N) is 5. The van der Waals surface area contributed by atoms with Gasteiger partial charge in [0.25, 0.3) is 11.5 Å². The van der Waals surface area contributed by atoms with E-state index in [-0.39, 0.29) is 23.3 Å². The average molecular weight is 315 g/mol. The van der Waals surface area contributed by atoms with Gasteiger partial charge in [-0.2, -0.15) is 10.2 Å². The molecule has 0 saturated carbocycles. The molecule has 1 unspecified atom stereocenters. The molecule has 0 bridgehead atoms. The van der Waals surface area contributed by atoms with Crippen molar-refractivity contribution in [2.24, 2.45) is 7.05 Å². The Balaban J connectivity index is 1.64. The van der Waals surface area contributed by atoms with Crippen LogP contribution in [0.5, 0.6) is 5.88 Å². The first-order valence-electron chi connectivity index (χ1n) is 7.33. The Morgan fingerprint density at radius 3 is 2.78 bits per heavy atom. The van der Waals surface area contributed by atoms with Gasteiger partial charge in [-0.1, -0.05) is 0 Å². The van der Waals surface area contributed by atoms with Crippen molar-refractivity contribution in [2.45, 2.75) is 19.4 Å². The second kappa shape index (κ2) is 6.15. The van der Waals surface area contributed by atoms with Crippen molar-refractivity contribution in [2.75, 3.05) is 13.1 Å². The molecule has 1 fully saturated rings. The molecule has 0 radical (unpaired) electrons. The van der Waals surface area contributed by atoms with E-state index in [0.717, 1.165) is 10.4 Å². The average Bonchev–Trinajstić information content (AvgIpc) is 3.00. The molecular weight excluding hydrogens is 298 g/mol. The number of ether oxygens (including phenoxy) is 1. The van der Waals surface area contributed by atoms with Crippen molar-refractivity contribution in [1.82, 2.24) is 24.9 Å². The lowest BCUT2D eigenvalue weighted by atomic mass is 10.3. The van der Waals surface area contributed by atoms with E-state index in [1.807, 2.05) is 13.0 Å². The van der Waals surface area contributed by atoms with Gasteiger partial charge >= 0.3 is 0 Å². The molecule has 23 heavy (non-hydrogen) atoms. The summed E-state index contributed by atoms with van der Waals surface area (Å²) < 4.78 is 6.90. The van der Waals surface area contributed by atoms with Crippen LogP contribution in [0.1, 0.15) is 22.6 Å². The molecule has 8 heteroatoms. The number of likely N-dealkylation sites (tertiary alicyclic amines) is 1. The minimum Gasteiger partial charge on any atom is -0.471 e. The van der Waals surface area contributed by atoms with Crippen LogP contribution in [-0.2, 0) is 7.05 Å². The highest BCUT2D eigenvalue weighted by molar-refractivity contribution is 5.92. The van der Waals surface area contributed by atoms with E-state index in [1.165, 1.54) is 19.2 Å². The summed E-state index contributed by atoms with van der Waals surface area (Å²) in [5, 5.41) is 11.9. The zero-order valence-electron chi connectivity index (χ0n) is 13.0. The molecule has 0 N–H and O–H groups in total. The van der Waals surface area contributed by atoms with E-state index in [0.29, 0.717) is 25.4 Å². The first kappa shape index (κ1) is 15.1. The van der Waals surface area contributed by atoms with Gasteiger partial charge in [0.2, 0.25) is 5.88 Å². The molecule has 1 aliphatic rings. The molecule has 0 aromatic carbocycles. The molecule has 3 heterocycles. The van der Waals surface area contributed by atoms with Gasteiger partial charge in [0, 0.05) is 32.1 Å².